The topological polar surface area (TPSA) is 58.6 Å². The first-order chi connectivity index (χ1) is 16.9. The zero-order valence-electron chi connectivity index (χ0n) is 19.6. The number of carboxylic acids is 1. The third-order valence-corrected chi connectivity index (χ3v) is 7.43. The van der Waals surface area contributed by atoms with Crippen molar-refractivity contribution in [3.05, 3.63) is 41.5 Å². The van der Waals surface area contributed by atoms with Gasteiger partial charge in [-0.05, 0) is 79.8 Å². The van der Waals surface area contributed by atoms with Crippen molar-refractivity contribution >= 4 is 16.7 Å². The summed E-state index contributed by atoms with van der Waals surface area (Å²) in [5.74, 6) is -2.89. The first-order valence-electron chi connectivity index (χ1n) is 12.2. The van der Waals surface area contributed by atoms with E-state index in [9.17, 15) is 31.1 Å². The van der Waals surface area contributed by atoms with Gasteiger partial charge in [0.15, 0.2) is 0 Å². The number of aliphatic carboxylic acids is 1. The minimum absolute atomic E-state index is 0.0188. The second-order valence-electron chi connectivity index (χ2n) is 9.89. The van der Waals surface area contributed by atoms with E-state index in [1.165, 1.54) is 12.1 Å². The summed E-state index contributed by atoms with van der Waals surface area (Å²) >= 11 is 0. The zero-order valence-corrected chi connectivity index (χ0v) is 19.6. The smallest absolute Gasteiger partial charge is 0.420 e. The van der Waals surface area contributed by atoms with Gasteiger partial charge in [-0.1, -0.05) is 18.2 Å². The monoisotopic (exact) mass is 517 g/mol. The number of carboxylic acid groups (broad SMARTS) is 1. The van der Waals surface area contributed by atoms with E-state index in [4.69, 9.17) is 9.84 Å². The van der Waals surface area contributed by atoms with Crippen molar-refractivity contribution in [2.45, 2.75) is 82.4 Å². The summed E-state index contributed by atoms with van der Waals surface area (Å²) in [6, 6.07) is 7.66. The molecule has 0 radical (unpaired) electrons. The van der Waals surface area contributed by atoms with E-state index in [0.717, 1.165) is 18.4 Å². The molecule has 2 aromatic rings. The molecule has 4 nitrogen and oxygen atoms in total. The van der Waals surface area contributed by atoms with Crippen molar-refractivity contribution < 1.29 is 41.0 Å². The first-order valence-corrected chi connectivity index (χ1v) is 12.2. The molecule has 0 aliphatic heterocycles. The molecule has 2 fully saturated rings. The number of ether oxygens (including phenoxy) is 1. The molecule has 0 atom stereocenters. The molecular formula is C26H29F6NO3. The van der Waals surface area contributed by atoms with E-state index in [-0.39, 0.29) is 48.8 Å². The maximum Gasteiger partial charge on any atom is 0.420 e. The number of fused-ring (bicyclic) bond motifs is 1. The van der Waals surface area contributed by atoms with Gasteiger partial charge in [0.2, 0.25) is 0 Å². The Morgan fingerprint density at radius 2 is 1.58 bits per heavy atom. The predicted molar refractivity (Wildman–Crippen MR) is 122 cm³/mol. The Morgan fingerprint density at radius 1 is 0.917 bits per heavy atom. The fourth-order valence-electron chi connectivity index (χ4n) is 5.35. The summed E-state index contributed by atoms with van der Waals surface area (Å²) in [7, 11) is 0. The van der Waals surface area contributed by atoms with E-state index >= 15 is 0 Å². The Bertz CT molecular complexity index is 1070. The molecule has 2 aromatic carbocycles. The van der Waals surface area contributed by atoms with Crippen LogP contribution in [0.3, 0.4) is 0 Å². The SMILES string of the molecule is O=C(O)[C@H]1CC[C@@H](NCc2ccc3c(C(F)(F)F)c(O[C@H]4CC[C@@H](C(F)(F)F)CC4)ccc3c2)CC1. The van der Waals surface area contributed by atoms with Gasteiger partial charge in [-0.3, -0.25) is 4.79 Å². The Hall–Kier alpha value is -2.49. The highest BCUT2D eigenvalue weighted by atomic mass is 19.4. The molecule has 2 N–H and O–H groups in total. The van der Waals surface area contributed by atoms with Crippen LogP contribution in [0.1, 0.15) is 62.5 Å². The molecule has 10 heteroatoms. The fourth-order valence-corrected chi connectivity index (χ4v) is 5.35. The van der Waals surface area contributed by atoms with Crippen LogP contribution >= 0.6 is 0 Å². The quantitative estimate of drug-likeness (QED) is 0.402. The van der Waals surface area contributed by atoms with Gasteiger partial charge in [-0.15, -0.1) is 0 Å². The van der Waals surface area contributed by atoms with Crippen molar-refractivity contribution in [3.63, 3.8) is 0 Å². The summed E-state index contributed by atoms with van der Waals surface area (Å²) in [5, 5.41) is 12.9. The summed E-state index contributed by atoms with van der Waals surface area (Å²) in [6.07, 6.45) is -7.23. The average molecular weight is 518 g/mol. The maximum absolute atomic E-state index is 14.0. The van der Waals surface area contributed by atoms with Crippen LogP contribution in [-0.2, 0) is 17.5 Å². The lowest BCUT2D eigenvalue weighted by Crippen LogP contribution is -2.34. The summed E-state index contributed by atoms with van der Waals surface area (Å²) in [4.78, 5) is 11.1. The van der Waals surface area contributed by atoms with Crippen LogP contribution < -0.4 is 10.1 Å². The Labute approximate surface area is 205 Å². The van der Waals surface area contributed by atoms with Crippen LogP contribution in [0.15, 0.2) is 30.3 Å². The minimum atomic E-state index is -4.69. The van der Waals surface area contributed by atoms with Gasteiger partial charge in [0.1, 0.15) is 11.3 Å². The molecule has 0 heterocycles. The van der Waals surface area contributed by atoms with Gasteiger partial charge < -0.3 is 15.2 Å². The van der Waals surface area contributed by atoms with E-state index < -0.39 is 35.9 Å². The van der Waals surface area contributed by atoms with E-state index in [2.05, 4.69) is 5.32 Å². The zero-order chi connectivity index (χ0) is 26.1. The first kappa shape index (κ1) is 26.6. The molecule has 36 heavy (non-hydrogen) atoms. The Kier molecular flexibility index (Phi) is 7.73. The number of hydrogen-bond donors (Lipinski definition) is 2. The van der Waals surface area contributed by atoms with Gasteiger partial charge in [0.25, 0.3) is 0 Å². The highest BCUT2D eigenvalue weighted by Gasteiger charge is 2.42. The van der Waals surface area contributed by atoms with Crippen LogP contribution in [0.2, 0.25) is 0 Å². The second kappa shape index (κ2) is 10.5. The van der Waals surface area contributed by atoms with Crippen molar-refractivity contribution in [1.82, 2.24) is 5.32 Å². The lowest BCUT2D eigenvalue weighted by atomic mass is 9.86. The number of carbonyl (C=O) groups is 1. The summed E-state index contributed by atoms with van der Waals surface area (Å²) in [5.41, 5.74) is -0.112. The van der Waals surface area contributed by atoms with E-state index in [1.807, 2.05) is 0 Å². The standard InChI is InChI=1S/C26H29F6NO3/c27-25(28,29)18-5-9-20(10-6-18)36-22-12-4-17-13-15(1-11-21(17)23(22)26(30,31)32)14-33-19-7-2-16(3-8-19)24(34)35/h1,4,11-13,16,18-20,33H,2-3,5-10,14H2,(H,34,35)/t16-,18-,19+,20+. The third kappa shape index (κ3) is 6.25. The molecule has 0 amide bonds. The van der Waals surface area contributed by atoms with Crippen molar-refractivity contribution in [2.24, 2.45) is 11.8 Å². The molecule has 2 aliphatic carbocycles. The lowest BCUT2D eigenvalue weighted by molar-refractivity contribution is -0.185. The minimum Gasteiger partial charge on any atom is -0.490 e. The molecule has 0 bridgehead atoms. The number of alkyl halides is 6. The van der Waals surface area contributed by atoms with Gasteiger partial charge in [0.05, 0.1) is 17.9 Å². The van der Waals surface area contributed by atoms with Gasteiger partial charge in [0, 0.05) is 12.6 Å². The van der Waals surface area contributed by atoms with Gasteiger partial charge in [-0.25, -0.2) is 0 Å². The van der Waals surface area contributed by atoms with Crippen molar-refractivity contribution in [2.75, 3.05) is 0 Å². The normalized spacial score (nSPS) is 25.6. The van der Waals surface area contributed by atoms with Crippen LogP contribution in [0.5, 0.6) is 5.75 Å². The van der Waals surface area contributed by atoms with Crippen LogP contribution in [-0.4, -0.2) is 29.4 Å². The summed E-state index contributed by atoms with van der Waals surface area (Å²) in [6.45, 7) is 0.445. The van der Waals surface area contributed by atoms with Crippen LogP contribution in [0, 0.1) is 11.8 Å². The second-order valence-corrected chi connectivity index (χ2v) is 9.89. The lowest BCUT2D eigenvalue weighted by Gasteiger charge is -2.31. The molecular weight excluding hydrogens is 488 g/mol. The van der Waals surface area contributed by atoms with Crippen molar-refractivity contribution in [1.29, 1.82) is 0 Å². The highest BCUT2D eigenvalue weighted by Crippen LogP contribution is 2.44. The molecule has 0 unspecified atom stereocenters. The molecule has 2 saturated carbocycles. The molecule has 0 aromatic heterocycles. The molecule has 0 saturated heterocycles. The number of halogens is 6. The van der Waals surface area contributed by atoms with Gasteiger partial charge in [-0.2, -0.15) is 26.3 Å². The molecule has 4 rings (SSSR count). The summed E-state index contributed by atoms with van der Waals surface area (Å²) < 4.78 is 86.5. The number of nitrogens with one attached hydrogen (secondary N) is 1. The largest absolute Gasteiger partial charge is 0.490 e. The van der Waals surface area contributed by atoms with Crippen LogP contribution in [0.4, 0.5) is 26.3 Å². The number of rotatable bonds is 6. The maximum atomic E-state index is 14.0. The Balaban J connectivity index is 1.46. The third-order valence-electron chi connectivity index (χ3n) is 7.43. The van der Waals surface area contributed by atoms with Gasteiger partial charge >= 0.3 is 18.3 Å². The predicted octanol–water partition coefficient (Wildman–Crippen LogP) is 7.09. The Morgan fingerprint density at radius 3 is 2.17 bits per heavy atom. The molecule has 0 spiro atoms. The fraction of sp³-hybridized carbons (Fsp3) is 0.577. The molecule has 198 valence electrons. The number of benzene rings is 2. The van der Waals surface area contributed by atoms with E-state index in [1.54, 1.807) is 18.2 Å². The number of hydrogen-bond acceptors (Lipinski definition) is 3. The van der Waals surface area contributed by atoms with Crippen LogP contribution in [0.25, 0.3) is 10.8 Å². The average Bonchev–Trinajstić information content (AvgIpc) is 2.81. The van der Waals surface area contributed by atoms with E-state index in [0.29, 0.717) is 24.8 Å². The van der Waals surface area contributed by atoms with Crippen molar-refractivity contribution in [3.8, 4) is 5.75 Å². The molecule has 2 aliphatic rings. The highest BCUT2D eigenvalue weighted by molar-refractivity contribution is 5.89.